The van der Waals surface area contributed by atoms with Crippen LogP contribution in [0.15, 0.2) is 77.6 Å². The summed E-state index contributed by atoms with van der Waals surface area (Å²) in [6.07, 6.45) is -4.43. The molecule has 10 heteroatoms. The van der Waals surface area contributed by atoms with Gasteiger partial charge in [-0.15, -0.1) is 5.10 Å². The molecule has 3 aromatic carbocycles. The summed E-state index contributed by atoms with van der Waals surface area (Å²) in [5, 5.41) is 7.53. The third-order valence-corrected chi connectivity index (χ3v) is 6.94. The van der Waals surface area contributed by atoms with E-state index in [1.807, 2.05) is 36.2 Å². The van der Waals surface area contributed by atoms with Gasteiger partial charge < -0.3 is 0 Å². The molecule has 1 unspecified atom stereocenters. The smallest absolute Gasteiger partial charge is 0.295 e. The molecule has 0 spiro atoms. The number of aromatic nitrogens is 3. The van der Waals surface area contributed by atoms with Crippen molar-refractivity contribution in [1.29, 1.82) is 0 Å². The molecule has 0 saturated carbocycles. The number of rotatable bonds is 4. The molecule has 5 nitrogen and oxygen atoms in total. The Morgan fingerprint density at radius 1 is 0.865 bits per heavy atom. The van der Waals surface area contributed by atoms with Crippen LogP contribution in [0.4, 0.5) is 13.2 Å². The van der Waals surface area contributed by atoms with Crippen LogP contribution in [-0.2, 0) is 19.8 Å². The van der Waals surface area contributed by atoms with Gasteiger partial charge in [0.25, 0.3) is 0 Å². The van der Waals surface area contributed by atoms with Crippen molar-refractivity contribution in [3.8, 4) is 0 Å². The van der Waals surface area contributed by atoms with Crippen LogP contribution in [0.25, 0.3) is 11.1 Å². The normalized spacial score (nSPS) is 15.8. The van der Waals surface area contributed by atoms with Gasteiger partial charge >= 0.3 is 11.9 Å². The summed E-state index contributed by atoms with van der Waals surface area (Å²) in [6, 6.07) is 19.3. The van der Waals surface area contributed by atoms with E-state index in [1.165, 1.54) is 21.5 Å². The van der Waals surface area contributed by atoms with Crippen LogP contribution < -0.4 is 10.7 Å². The Labute approximate surface area is 220 Å². The van der Waals surface area contributed by atoms with Gasteiger partial charge in [-0.25, -0.2) is 9.48 Å². The van der Waals surface area contributed by atoms with Crippen molar-refractivity contribution in [3.05, 3.63) is 121 Å². The molecule has 1 aliphatic rings. The lowest BCUT2D eigenvalue weighted by Gasteiger charge is -2.38. The molecule has 0 radical (unpaired) electrons. The number of benzene rings is 3. The van der Waals surface area contributed by atoms with Crippen molar-refractivity contribution in [2.24, 2.45) is 7.05 Å². The van der Waals surface area contributed by atoms with Crippen LogP contribution in [-0.4, -0.2) is 20.5 Å². The molecule has 5 rings (SSSR count). The van der Waals surface area contributed by atoms with E-state index in [-0.39, 0.29) is 18.3 Å². The molecular weight excluding hydrogens is 524 g/mol. The van der Waals surface area contributed by atoms with E-state index in [9.17, 15) is 18.0 Å². The number of hydrogen-bond donors (Lipinski definition) is 0. The van der Waals surface area contributed by atoms with Crippen molar-refractivity contribution in [3.63, 3.8) is 0 Å². The van der Waals surface area contributed by atoms with Gasteiger partial charge in [0.1, 0.15) is 0 Å². The largest absolute Gasteiger partial charge is 0.416 e. The summed E-state index contributed by atoms with van der Waals surface area (Å²) >= 11 is 12.3. The van der Waals surface area contributed by atoms with Crippen LogP contribution in [0, 0.1) is 0 Å². The Morgan fingerprint density at radius 2 is 1.41 bits per heavy atom. The quantitative estimate of drug-likeness (QED) is 0.298. The fourth-order valence-electron chi connectivity index (χ4n) is 4.60. The fraction of sp³-hybridized carbons (Fsp3) is 0.185. The highest BCUT2D eigenvalue weighted by atomic mass is 35.5. The molecule has 0 N–H and O–H groups in total. The van der Waals surface area contributed by atoms with E-state index in [1.54, 1.807) is 31.3 Å². The van der Waals surface area contributed by atoms with Gasteiger partial charge in [-0.3, -0.25) is 5.01 Å². The molecule has 1 aromatic heterocycles. The lowest BCUT2D eigenvalue weighted by Crippen LogP contribution is -2.50. The Kier molecular flexibility index (Phi) is 6.41. The highest BCUT2D eigenvalue weighted by Crippen LogP contribution is 2.39. The Balaban J connectivity index is 1.70. The van der Waals surface area contributed by atoms with Crippen molar-refractivity contribution in [1.82, 2.24) is 14.5 Å². The highest BCUT2D eigenvalue weighted by Gasteiger charge is 2.36. The van der Waals surface area contributed by atoms with Crippen LogP contribution in [0.5, 0.6) is 0 Å². The summed E-state index contributed by atoms with van der Waals surface area (Å²) in [5.41, 5.74) is 2.87. The monoisotopic (exact) mass is 544 g/mol. The highest BCUT2D eigenvalue weighted by molar-refractivity contribution is 6.31. The van der Waals surface area contributed by atoms with E-state index >= 15 is 0 Å². The zero-order valence-electron chi connectivity index (χ0n) is 19.8. The van der Waals surface area contributed by atoms with E-state index in [2.05, 4.69) is 5.10 Å². The standard InChI is InChI=1S/C27H21Cl2F3N4O/c1-16-23(18-5-11-21(28)12-6-18)24(19-7-13-22(29)14-8-19)25-33-34(2)26(37)36(25)35(16)15-17-3-9-20(10-4-17)27(30,31)32/h3-14,16H,15H2,1-2H3. The number of halogens is 5. The maximum absolute atomic E-state index is 13.3. The van der Waals surface area contributed by atoms with Crippen LogP contribution in [0.2, 0.25) is 10.0 Å². The lowest BCUT2D eigenvalue weighted by molar-refractivity contribution is -0.137. The first-order valence-electron chi connectivity index (χ1n) is 11.4. The van der Waals surface area contributed by atoms with Crippen LogP contribution in [0.1, 0.15) is 35.0 Å². The molecule has 2 heterocycles. The molecule has 1 atom stereocenters. The van der Waals surface area contributed by atoms with E-state index in [4.69, 9.17) is 23.2 Å². The molecule has 1 aliphatic heterocycles. The predicted molar refractivity (Wildman–Crippen MR) is 139 cm³/mol. The number of hydrogen-bond acceptors (Lipinski definition) is 3. The van der Waals surface area contributed by atoms with Crippen LogP contribution in [0.3, 0.4) is 0 Å². The van der Waals surface area contributed by atoms with Gasteiger partial charge in [0, 0.05) is 22.7 Å². The molecule has 37 heavy (non-hydrogen) atoms. The van der Waals surface area contributed by atoms with E-state index in [0.29, 0.717) is 21.4 Å². The Hall–Kier alpha value is -3.49. The average Bonchev–Trinajstić information content (AvgIpc) is 3.15. The maximum atomic E-state index is 13.3. The van der Waals surface area contributed by atoms with Gasteiger partial charge in [0.2, 0.25) is 0 Å². The zero-order chi connectivity index (χ0) is 26.5. The number of fused-ring (bicyclic) bond motifs is 1. The second-order valence-electron chi connectivity index (χ2n) is 8.81. The first kappa shape index (κ1) is 25.2. The molecule has 0 amide bonds. The van der Waals surface area contributed by atoms with Gasteiger partial charge in [0.05, 0.1) is 18.2 Å². The zero-order valence-corrected chi connectivity index (χ0v) is 21.3. The second-order valence-corrected chi connectivity index (χ2v) is 9.69. The fourth-order valence-corrected chi connectivity index (χ4v) is 4.86. The molecule has 0 fully saturated rings. The first-order chi connectivity index (χ1) is 17.5. The van der Waals surface area contributed by atoms with Crippen LogP contribution >= 0.6 is 23.2 Å². The summed E-state index contributed by atoms with van der Waals surface area (Å²) < 4.78 is 42.0. The Morgan fingerprint density at radius 3 is 1.95 bits per heavy atom. The van der Waals surface area contributed by atoms with Crippen molar-refractivity contribution >= 4 is 34.3 Å². The third-order valence-electron chi connectivity index (χ3n) is 6.43. The summed E-state index contributed by atoms with van der Waals surface area (Å²) in [7, 11) is 1.57. The molecule has 0 bridgehead atoms. The molecule has 0 saturated heterocycles. The van der Waals surface area contributed by atoms with Gasteiger partial charge in [-0.2, -0.15) is 17.8 Å². The van der Waals surface area contributed by atoms with Gasteiger partial charge in [-0.1, -0.05) is 59.6 Å². The summed E-state index contributed by atoms with van der Waals surface area (Å²) in [5.74, 6) is 0.421. The van der Waals surface area contributed by atoms with Crippen molar-refractivity contribution < 1.29 is 13.2 Å². The summed E-state index contributed by atoms with van der Waals surface area (Å²) in [4.78, 5) is 13.3. The van der Waals surface area contributed by atoms with E-state index < -0.39 is 11.7 Å². The SMILES string of the molecule is CC1C(c2ccc(Cl)cc2)=C(c2ccc(Cl)cc2)c2nn(C)c(=O)n2N1Cc1ccc(C(F)(F)F)cc1. The lowest BCUT2D eigenvalue weighted by atomic mass is 9.88. The maximum Gasteiger partial charge on any atom is 0.416 e. The molecular formula is C27H21Cl2F3N4O. The predicted octanol–water partition coefficient (Wildman–Crippen LogP) is 6.41. The molecule has 0 aliphatic carbocycles. The molecule has 4 aromatic rings. The van der Waals surface area contributed by atoms with E-state index in [0.717, 1.165) is 34.4 Å². The minimum Gasteiger partial charge on any atom is -0.295 e. The topological polar surface area (TPSA) is 43.1 Å². The average molecular weight is 545 g/mol. The summed E-state index contributed by atoms with van der Waals surface area (Å²) in [6.45, 7) is 2.13. The minimum atomic E-state index is -4.43. The van der Waals surface area contributed by atoms with Crippen molar-refractivity contribution in [2.75, 3.05) is 5.01 Å². The number of alkyl halides is 3. The third kappa shape index (κ3) is 4.67. The first-order valence-corrected chi connectivity index (χ1v) is 12.2. The molecule has 190 valence electrons. The minimum absolute atomic E-state index is 0.183. The van der Waals surface area contributed by atoms with Gasteiger partial charge in [-0.05, 0) is 65.6 Å². The second kappa shape index (κ2) is 9.43. The Bertz CT molecular complexity index is 1540. The van der Waals surface area contributed by atoms with Gasteiger partial charge in [0.15, 0.2) is 5.82 Å². The van der Waals surface area contributed by atoms with Crippen molar-refractivity contribution in [2.45, 2.75) is 25.7 Å². The number of aryl methyl sites for hydroxylation is 1. The number of nitrogens with zero attached hydrogens (tertiary/aromatic N) is 4.